The molecule has 0 heterocycles. The van der Waals surface area contributed by atoms with Crippen LogP contribution >= 0.6 is 0 Å². The molecule has 0 atom stereocenters. The molecule has 1 rings (SSSR count). The van der Waals surface area contributed by atoms with Crippen LogP contribution in [0.2, 0.25) is 0 Å². The summed E-state index contributed by atoms with van der Waals surface area (Å²) in [6.45, 7) is 1.64. The van der Waals surface area contributed by atoms with Crippen LogP contribution < -0.4 is 5.32 Å². The molecule has 1 aromatic carbocycles. The van der Waals surface area contributed by atoms with E-state index < -0.39 is 23.5 Å². The molecule has 96 valence electrons. The monoisotopic (exact) mass is 254 g/mol. The lowest BCUT2D eigenvalue weighted by Crippen LogP contribution is -2.37. The number of nitrogens with one attached hydrogen (secondary N) is 1. The summed E-state index contributed by atoms with van der Waals surface area (Å²) in [6.07, 6.45) is 0. The highest BCUT2D eigenvalue weighted by Gasteiger charge is 2.17. The van der Waals surface area contributed by atoms with Crippen LogP contribution in [0.3, 0.4) is 0 Å². The third kappa shape index (κ3) is 3.55. The quantitative estimate of drug-likeness (QED) is 0.270. The third-order valence-electron chi connectivity index (χ3n) is 1.91. The Balaban J connectivity index is 2.74. The van der Waals surface area contributed by atoms with Gasteiger partial charge in [0.1, 0.15) is 5.82 Å². The van der Waals surface area contributed by atoms with Gasteiger partial charge in [-0.15, -0.1) is 0 Å². The lowest BCUT2D eigenvalue weighted by molar-refractivity contribution is -0.135. The molecular weight excluding hydrogens is 243 g/mol. The van der Waals surface area contributed by atoms with Gasteiger partial charge in [-0.05, 0) is 31.2 Å². The van der Waals surface area contributed by atoms with Crippen LogP contribution in [0.25, 0.3) is 0 Å². The number of hydrogen-bond acceptors (Lipinski definition) is 5. The number of esters is 1. The predicted molar refractivity (Wildman–Crippen MR) is 59.7 cm³/mol. The van der Waals surface area contributed by atoms with Crippen LogP contribution in [0.4, 0.5) is 4.39 Å². The van der Waals surface area contributed by atoms with Gasteiger partial charge in [0.2, 0.25) is 0 Å². The maximum atomic E-state index is 12.6. The second kappa shape index (κ2) is 6.33. The number of benzene rings is 1. The molecule has 7 heteroatoms. The topological polar surface area (TPSA) is 88.0 Å². The highest BCUT2D eigenvalue weighted by atomic mass is 19.1. The Kier molecular flexibility index (Phi) is 4.79. The minimum atomic E-state index is -0.963. The van der Waals surface area contributed by atoms with Crippen molar-refractivity contribution in [2.45, 2.75) is 6.92 Å². The zero-order chi connectivity index (χ0) is 13.5. The summed E-state index contributed by atoms with van der Waals surface area (Å²) in [6, 6.07) is 4.64. The predicted octanol–water partition coefficient (Wildman–Crippen LogP) is 0.906. The van der Waals surface area contributed by atoms with Crippen LogP contribution in [0, 0.1) is 5.82 Å². The highest BCUT2D eigenvalue weighted by molar-refractivity contribution is 6.38. The molecule has 0 aliphatic carbocycles. The number of amidine groups is 1. The van der Waals surface area contributed by atoms with Crippen molar-refractivity contribution in [3.05, 3.63) is 35.6 Å². The molecule has 0 saturated heterocycles. The van der Waals surface area contributed by atoms with Crippen LogP contribution in [0.15, 0.2) is 29.4 Å². The number of nitrogens with zero attached hydrogens (tertiary/aromatic N) is 1. The van der Waals surface area contributed by atoms with Crippen molar-refractivity contribution in [1.29, 1.82) is 0 Å². The largest absolute Gasteiger partial charge is 0.460 e. The Hall–Kier alpha value is -2.44. The lowest BCUT2D eigenvalue weighted by Gasteiger charge is -2.06. The van der Waals surface area contributed by atoms with Gasteiger partial charge in [0.25, 0.3) is 11.7 Å². The molecule has 0 aliphatic heterocycles. The van der Waals surface area contributed by atoms with E-state index in [0.29, 0.717) is 0 Å². The summed E-state index contributed by atoms with van der Waals surface area (Å²) in [7, 11) is 0. The van der Waals surface area contributed by atoms with Gasteiger partial charge in [-0.25, -0.2) is 9.18 Å². The second-order valence-electron chi connectivity index (χ2n) is 3.13. The number of hydrogen-bond donors (Lipinski definition) is 2. The van der Waals surface area contributed by atoms with E-state index in [-0.39, 0.29) is 12.2 Å². The van der Waals surface area contributed by atoms with Crippen LogP contribution in [-0.4, -0.2) is 29.5 Å². The minimum absolute atomic E-state index is 0.0737. The van der Waals surface area contributed by atoms with E-state index in [2.05, 4.69) is 15.2 Å². The minimum Gasteiger partial charge on any atom is -0.460 e. The van der Waals surface area contributed by atoms with Crippen molar-refractivity contribution in [1.82, 2.24) is 5.32 Å². The first-order valence-electron chi connectivity index (χ1n) is 5.04. The summed E-state index contributed by atoms with van der Waals surface area (Å²) >= 11 is 0. The Labute approximate surface area is 102 Å². The average Bonchev–Trinajstić information content (AvgIpc) is 2.36. The van der Waals surface area contributed by atoms with Gasteiger partial charge in [0.05, 0.1) is 6.61 Å². The zero-order valence-electron chi connectivity index (χ0n) is 9.51. The number of ether oxygens (including phenoxy) is 1. The zero-order valence-corrected chi connectivity index (χ0v) is 9.51. The lowest BCUT2D eigenvalue weighted by atomic mass is 10.2. The number of halogens is 1. The SMILES string of the molecule is CCOC(=O)/C(=N/O)NC(=O)c1ccc(F)cc1. The number of carbonyl (C=O) groups excluding carboxylic acids is 2. The fraction of sp³-hybridized carbons (Fsp3) is 0.182. The highest BCUT2D eigenvalue weighted by Crippen LogP contribution is 2.02. The summed E-state index contributed by atoms with van der Waals surface area (Å²) in [4.78, 5) is 22.8. The van der Waals surface area contributed by atoms with Crippen molar-refractivity contribution in [2.75, 3.05) is 6.61 Å². The molecule has 1 amide bonds. The van der Waals surface area contributed by atoms with Gasteiger partial charge in [-0.2, -0.15) is 0 Å². The molecule has 0 saturated carbocycles. The van der Waals surface area contributed by atoms with Gasteiger partial charge in [0.15, 0.2) is 0 Å². The van der Waals surface area contributed by atoms with Crippen molar-refractivity contribution in [3.8, 4) is 0 Å². The summed E-state index contributed by atoms with van der Waals surface area (Å²) in [5, 5.41) is 13.3. The van der Waals surface area contributed by atoms with Crippen LogP contribution in [-0.2, 0) is 9.53 Å². The number of amides is 1. The fourth-order valence-electron chi connectivity index (χ4n) is 1.10. The number of oxime groups is 1. The van der Waals surface area contributed by atoms with Crippen LogP contribution in [0.1, 0.15) is 17.3 Å². The van der Waals surface area contributed by atoms with Gasteiger partial charge < -0.3 is 9.94 Å². The van der Waals surface area contributed by atoms with Gasteiger partial charge in [-0.3, -0.25) is 10.1 Å². The van der Waals surface area contributed by atoms with E-state index in [1.807, 2.05) is 0 Å². The van der Waals surface area contributed by atoms with Gasteiger partial charge in [0, 0.05) is 5.56 Å². The molecular formula is C11H11FN2O4. The van der Waals surface area contributed by atoms with Crippen molar-refractivity contribution in [3.63, 3.8) is 0 Å². The molecule has 0 bridgehead atoms. The molecule has 18 heavy (non-hydrogen) atoms. The molecule has 0 aliphatic rings. The molecule has 0 unspecified atom stereocenters. The molecule has 0 fully saturated rings. The molecule has 0 radical (unpaired) electrons. The first-order valence-corrected chi connectivity index (χ1v) is 5.04. The van der Waals surface area contributed by atoms with Gasteiger partial charge >= 0.3 is 5.97 Å². The Morgan fingerprint density at radius 1 is 1.39 bits per heavy atom. The normalized spacial score (nSPS) is 10.9. The van der Waals surface area contributed by atoms with Crippen molar-refractivity contribution >= 4 is 17.7 Å². The summed E-state index contributed by atoms with van der Waals surface area (Å²) in [5.41, 5.74) is 0.113. The molecule has 1 aromatic rings. The smallest absolute Gasteiger partial charge is 0.377 e. The van der Waals surface area contributed by atoms with Gasteiger partial charge in [-0.1, -0.05) is 5.16 Å². The Morgan fingerprint density at radius 2 is 2.00 bits per heavy atom. The first kappa shape index (κ1) is 13.6. The maximum Gasteiger partial charge on any atom is 0.377 e. The average molecular weight is 254 g/mol. The first-order chi connectivity index (χ1) is 8.58. The molecule has 0 aromatic heterocycles. The van der Waals surface area contributed by atoms with E-state index >= 15 is 0 Å². The van der Waals surface area contributed by atoms with E-state index in [1.165, 1.54) is 12.1 Å². The van der Waals surface area contributed by atoms with E-state index in [9.17, 15) is 14.0 Å². The number of rotatable bonds is 2. The summed E-state index contributed by atoms with van der Waals surface area (Å²) in [5.74, 6) is -2.80. The van der Waals surface area contributed by atoms with E-state index in [1.54, 1.807) is 6.92 Å². The molecule has 6 nitrogen and oxygen atoms in total. The standard InChI is InChI=1S/C11H11FN2O4/c1-2-18-11(16)9(14-17)13-10(15)7-3-5-8(12)6-4-7/h3-6,17H,2H2,1H3,(H,13,14,15). The Morgan fingerprint density at radius 3 is 2.50 bits per heavy atom. The maximum absolute atomic E-state index is 12.6. The molecule has 2 N–H and O–H groups in total. The number of carbonyl (C=O) groups is 2. The van der Waals surface area contributed by atoms with Crippen molar-refractivity contribution in [2.24, 2.45) is 5.16 Å². The fourth-order valence-corrected chi connectivity index (χ4v) is 1.10. The van der Waals surface area contributed by atoms with Crippen LogP contribution in [0.5, 0.6) is 0 Å². The summed E-state index contributed by atoms with van der Waals surface area (Å²) < 4.78 is 17.2. The third-order valence-corrected chi connectivity index (χ3v) is 1.91. The Bertz CT molecular complexity index is 470. The second-order valence-corrected chi connectivity index (χ2v) is 3.13. The van der Waals surface area contributed by atoms with Crippen molar-refractivity contribution < 1.29 is 23.9 Å². The van der Waals surface area contributed by atoms with E-state index in [0.717, 1.165) is 12.1 Å². The molecule has 0 spiro atoms. The van der Waals surface area contributed by atoms with E-state index in [4.69, 9.17) is 5.21 Å².